The van der Waals surface area contributed by atoms with E-state index in [9.17, 15) is 0 Å². The van der Waals surface area contributed by atoms with Gasteiger partial charge in [0.1, 0.15) is 0 Å². The van der Waals surface area contributed by atoms with Gasteiger partial charge in [-0.15, -0.1) is 0 Å². The molecule has 1 aliphatic heterocycles. The molecule has 1 aliphatic rings. The number of para-hydroxylation sites is 1. The second kappa shape index (κ2) is 21.1. The molecule has 0 aliphatic carbocycles. The van der Waals surface area contributed by atoms with Crippen LogP contribution in [0, 0.1) is 0 Å². The van der Waals surface area contributed by atoms with Crippen LogP contribution in [0.4, 0.5) is 17.1 Å². The molecule has 0 saturated carbocycles. The minimum atomic E-state index is 0.0793. The van der Waals surface area contributed by atoms with E-state index in [-0.39, 0.29) is 35.1 Å². The summed E-state index contributed by atoms with van der Waals surface area (Å²) in [7, 11) is 0. The van der Waals surface area contributed by atoms with Crippen molar-refractivity contribution in [3.63, 3.8) is 0 Å². The van der Waals surface area contributed by atoms with E-state index < -0.39 is 0 Å². The maximum Gasteiger partial charge on any atom is 0.241 e. The average molecular weight is 1100 g/mol. The molecule has 12 aromatic rings. The molecule has 0 spiro atoms. The topological polar surface area (TPSA) is 3.24 Å². The Bertz CT molecular complexity index is 4320. The fourth-order valence-corrected chi connectivity index (χ4v) is 13.4. The van der Waals surface area contributed by atoms with Gasteiger partial charge < -0.3 is 4.90 Å². The minimum absolute atomic E-state index is 0.0793. The highest BCUT2D eigenvalue weighted by molar-refractivity contribution is 6.96. The van der Waals surface area contributed by atoms with Crippen molar-refractivity contribution in [2.45, 2.75) is 105 Å². The zero-order valence-corrected chi connectivity index (χ0v) is 51.8. The van der Waals surface area contributed by atoms with Crippen molar-refractivity contribution in [3.05, 3.63) is 271 Å². The Morgan fingerprint density at radius 1 is 0.247 bits per heavy atom. The molecule has 0 bridgehead atoms. The molecule has 0 N–H and O–H groups in total. The number of hydrogen-bond donors (Lipinski definition) is 0. The van der Waals surface area contributed by atoms with Gasteiger partial charge in [0.2, 0.25) is 13.4 Å². The first-order chi connectivity index (χ1) is 40.7. The molecule has 1 heterocycles. The van der Waals surface area contributed by atoms with Gasteiger partial charge in [0.05, 0.1) is 11.4 Å². The van der Waals surface area contributed by atoms with Crippen LogP contribution in [0.3, 0.4) is 0 Å². The number of hydrogen-bond acceptors (Lipinski definition) is 1. The fourth-order valence-electron chi connectivity index (χ4n) is 13.4. The molecule has 416 valence electrons. The van der Waals surface area contributed by atoms with Crippen LogP contribution in [-0.2, 0) is 21.7 Å². The minimum Gasteiger partial charge on any atom is -0.309 e. The van der Waals surface area contributed by atoms with Crippen molar-refractivity contribution in [1.82, 2.24) is 0 Å². The molecular weight excluding hydrogens is 1020 g/mol. The van der Waals surface area contributed by atoms with Gasteiger partial charge in [0.25, 0.3) is 0 Å². The molecule has 3 heteroatoms. The van der Waals surface area contributed by atoms with Crippen LogP contribution < -0.4 is 37.7 Å². The van der Waals surface area contributed by atoms with E-state index in [0.717, 1.165) is 5.69 Å². The molecule has 13 rings (SSSR count). The standard InChI is InChI=1S/C82H77B2N/c1-79(2,3)57-30-42-63(43-31-57)83(64-44-32-58(33-45-64)80(4,5)6)61-38-25-54(26-39-61)56-29-50-70-75-53-73-69-22-17-16-21-68(69)72(52-74(73)71-23-18-24-76(78(71)75)85(77(70)51-56)67-19-14-13-15-20-67)55-27-40-62(41-28-55)84(65-46-34-59(35-47-65)81(7,8)9)66-48-36-60(37-49-66)82(10,11)12/h13-53H,1-12H3. The number of nitrogens with zero attached hydrogens (tertiary/aromatic N) is 1. The average Bonchev–Trinajstić information content (AvgIpc) is 1.21. The van der Waals surface area contributed by atoms with Crippen molar-refractivity contribution in [1.29, 1.82) is 0 Å². The Labute approximate surface area is 506 Å². The summed E-state index contributed by atoms with van der Waals surface area (Å²) in [5, 5.41) is 7.57. The molecule has 0 saturated heterocycles. The second-order valence-electron chi connectivity index (χ2n) is 28.2. The molecule has 0 fully saturated rings. The van der Waals surface area contributed by atoms with Crippen LogP contribution in [-0.4, -0.2) is 13.4 Å². The number of rotatable bonds is 9. The summed E-state index contributed by atoms with van der Waals surface area (Å²) in [6, 6.07) is 95.3. The lowest BCUT2D eigenvalue weighted by atomic mass is 9.36. The summed E-state index contributed by atoms with van der Waals surface area (Å²) in [4.78, 5) is 2.50. The van der Waals surface area contributed by atoms with Crippen LogP contribution in [0.15, 0.2) is 249 Å². The molecular formula is C82H77B2N. The summed E-state index contributed by atoms with van der Waals surface area (Å²) in [6.07, 6.45) is 0. The SMILES string of the molecule is CC(C)(C)c1ccc(B(c2ccc(-c3ccc4c(c3)N(c3ccccc3)c3cccc5c3c-4cc3c4ccccc4c(-c4ccc(B(c6ccc(C(C)(C)C)cc6)c6ccc(C(C)(C)C)cc6)cc4)cc53)cc2)c2ccc(C(C)(C)C)cc2)cc1. The van der Waals surface area contributed by atoms with E-state index in [1.54, 1.807) is 0 Å². The van der Waals surface area contributed by atoms with Gasteiger partial charge in [-0.25, -0.2) is 0 Å². The summed E-state index contributed by atoms with van der Waals surface area (Å²) >= 11 is 0. The third-order valence-electron chi connectivity index (χ3n) is 18.3. The highest BCUT2D eigenvalue weighted by Crippen LogP contribution is 2.54. The fraction of sp³-hybridized carbons (Fsp3) is 0.195. The maximum atomic E-state index is 2.50. The van der Waals surface area contributed by atoms with Crippen LogP contribution >= 0.6 is 0 Å². The second-order valence-corrected chi connectivity index (χ2v) is 28.2. The normalized spacial score (nSPS) is 12.7. The zero-order valence-electron chi connectivity index (χ0n) is 51.8. The lowest BCUT2D eigenvalue weighted by Crippen LogP contribution is -2.52. The monoisotopic (exact) mass is 1100 g/mol. The maximum absolute atomic E-state index is 2.50. The van der Waals surface area contributed by atoms with E-state index in [1.165, 1.54) is 132 Å². The van der Waals surface area contributed by atoms with Gasteiger partial charge in [-0.2, -0.15) is 0 Å². The van der Waals surface area contributed by atoms with Crippen molar-refractivity contribution in [2.75, 3.05) is 4.90 Å². The molecule has 0 amide bonds. The van der Waals surface area contributed by atoms with Crippen molar-refractivity contribution in [2.24, 2.45) is 0 Å². The highest BCUT2D eigenvalue weighted by atomic mass is 15.2. The van der Waals surface area contributed by atoms with Gasteiger partial charge in [-0.05, 0) is 135 Å². The number of benzene rings is 12. The van der Waals surface area contributed by atoms with E-state index in [2.05, 4.69) is 337 Å². The third kappa shape index (κ3) is 10.4. The quantitative estimate of drug-likeness (QED) is 0.103. The largest absolute Gasteiger partial charge is 0.309 e. The Morgan fingerprint density at radius 3 is 1.06 bits per heavy atom. The van der Waals surface area contributed by atoms with Crippen LogP contribution in [0.2, 0.25) is 0 Å². The molecule has 0 radical (unpaired) electrons. The van der Waals surface area contributed by atoms with Gasteiger partial charge in [0, 0.05) is 16.6 Å². The molecule has 0 aromatic heterocycles. The lowest BCUT2D eigenvalue weighted by molar-refractivity contribution is 0.590. The predicted octanol–water partition coefficient (Wildman–Crippen LogP) is 18.2. The Hall–Kier alpha value is -8.65. The Morgan fingerprint density at radius 2 is 0.612 bits per heavy atom. The summed E-state index contributed by atoms with van der Waals surface area (Å²) < 4.78 is 0. The van der Waals surface area contributed by atoms with Crippen LogP contribution in [0.25, 0.3) is 65.7 Å². The van der Waals surface area contributed by atoms with E-state index in [4.69, 9.17) is 0 Å². The van der Waals surface area contributed by atoms with Gasteiger partial charge >= 0.3 is 0 Å². The Balaban J connectivity index is 0.909. The van der Waals surface area contributed by atoms with E-state index in [0.29, 0.717) is 0 Å². The van der Waals surface area contributed by atoms with E-state index in [1.807, 2.05) is 0 Å². The van der Waals surface area contributed by atoms with Crippen molar-refractivity contribution < 1.29 is 0 Å². The predicted molar refractivity (Wildman–Crippen MR) is 373 cm³/mol. The first-order valence-electron chi connectivity index (χ1n) is 30.7. The molecule has 0 unspecified atom stereocenters. The van der Waals surface area contributed by atoms with Crippen LogP contribution in [0.1, 0.15) is 105 Å². The molecule has 1 nitrogen and oxygen atoms in total. The van der Waals surface area contributed by atoms with Crippen molar-refractivity contribution in [3.8, 4) is 33.4 Å². The Kier molecular flexibility index (Phi) is 13.8. The number of fused-ring (bicyclic) bond motifs is 6. The van der Waals surface area contributed by atoms with E-state index >= 15 is 0 Å². The van der Waals surface area contributed by atoms with Gasteiger partial charge in [0.15, 0.2) is 0 Å². The smallest absolute Gasteiger partial charge is 0.241 e. The first kappa shape index (κ1) is 55.5. The number of anilines is 3. The lowest BCUT2D eigenvalue weighted by Gasteiger charge is -2.34. The third-order valence-corrected chi connectivity index (χ3v) is 18.3. The zero-order chi connectivity index (χ0) is 59.2. The molecule has 0 atom stereocenters. The first-order valence-corrected chi connectivity index (χ1v) is 30.7. The summed E-state index contributed by atoms with van der Waals surface area (Å²) in [5.41, 5.74) is 24.3. The summed E-state index contributed by atoms with van der Waals surface area (Å²) in [5.74, 6) is 0. The summed E-state index contributed by atoms with van der Waals surface area (Å²) in [6.45, 7) is 27.7. The molecule has 85 heavy (non-hydrogen) atoms. The van der Waals surface area contributed by atoms with Crippen LogP contribution in [0.5, 0.6) is 0 Å². The van der Waals surface area contributed by atoms with Gasteiger partial charge in [-0.3, -0.25) is 0 Å². The van der Waals surface area contributed by atoms with Crippen molar-refractivity contribution >= 4 is 95.6 Å². The molecule has 12 aromatic carbocycles. The highest BCUT2D eigenvalue weighted by Gasteiger charge is 2.30. The van der Waals surface area contributed by atoms with Gasteiger partial charge in [-0.1, -0.05) is 328 Å².